The van der Waals surface area contributed by atoms with E-state index in [4.69, 9.17) is 11.6 Å². The monoisotopic (exact) mass is 347 g/mol. The largest absolute Gasteiger partial charge is 0.344 e. The molecule has 0 bridgehead atoms. The number of anilines is 1. The number of aromatic nitrogens is 1. The number of hydrogen-bond acceptors (Lipinski definition) is 3. The van der Waals surface area contributed by atoms with Crippen LogP contribution in [-0.4, -0.2) is 35.3 Å². The predicted octanol–water partition coefficient (Wildman–Crippen LogP) is 2.68. The van der Waals surface area contributed by atoms with Crippen molar-refractivity contribution >= 4 is 29.1 Å². The summed E-state index contributed by atoms with van der Waals surface area (Å²) in [7, 11) is 1.64. The van der Waals surface area contributed by atoms with Gasteiger partial charge in [-0.3, -0.25) is 9.59 Å². The van der Waals surface area contributed by atoms with Crippen molar-refractivity contribution in [3.8, 4) is 0 Å². The van der Waals surface area contributed by atoms with Crippen LogP contribution in [0.2, 0.25) is 5.02 Å². The van der Waals surface area contributed by atoms with Gasteiger partial charge >= 0.3 is 0 Å². The number of amides is 2. The molecule has 3 rings (SSSR count). The van der Waals surface area contributed by atoms with Crippen LogP contribution in [0.5, 0.6) is 0 Å². The molecule has 5 nitrogen and oxygen atoms in total. The van der Waals surface area contributed by atoms with Crippen molar-refractivity contribution in [2.75, 3.05) is 18.9 Å². The van der Waals surface area contributed by atoms with Crippen molar-refractivity contribution in [1.29, 1.82) is 0 Å². The molecule has 2 atom stereocenters. The SMILES string of the molecule is CN1C[C@H](c2ccc(Cl)cc2)[C@@H](C(=O)Nc2cccnc2F)C1=O. The van der Waals surface area contributed by atoms with E-state index in [1.807, 2.05) is 0 Å². The van der Waals surface area contributed by atoms with Crippen LogP contribution in [0.3, 0.4) is 0 Å². The average Bonchev–Trinajstić information content (AvgIpc) is 2.86. The summed E-state index contributed by atoms with van der Waals surface area (Å²) >= 11 is 5.89. The quantitative estimate of drug-likeness (QED) is 0.686. The van der Waals surface area contributed by atoms with Gasteiger partial charge in [-0.15, -0.1) is 0 Å². The molecule has 0 unspecified atom stereocenters. The Morgan fingerprint density at radius 2 is 2.04 bits per heavy atom. The summed E-state index contributed by atoms with van der Waals surface area (Å²) in [4.78, 5) is 30.0. The Balaban J connectivity index is 1.87. The van der Waals surface area contributed by atoms with E-state index in [9.17, 15) is 14.0 Å². The van der Waals surface area contributed by atoms with Gasteiger partial charge in [0.25, 0.3) is 0 Å². The number of carbonyl (C=O) groups excluding carboxylic acids is 2. The van der Waals surface area contributed by atoms with Crippen LogP contribution in [-0.2, 0) is 9.59 Å². The van der Waals surface area contributed by atoms with Gasteiger partial charge in [-0.2, -0.15) is 4.39 Å². The van der Waals surface area contributed by atoms with E-state index in [-0.39, 0.29) is 17.5 Å². The fraction of sp³-hybridized carbons (Fsp3) is 0.235. The normalized spacial score (nSPS) is 20.3. The zero-order chi connectivity index (χ0) is 17.3. The lowest BCUT2D eigenvalue weighted by Crippen LogP contribution is -2.33. The Kier molecular flexibility index (Phi) is 4.49. The smallest absolute Gasteiger partial charge is 0.237 e. The molecular weight excluding hydrogens is 333 g/mol. The second-order valence-electron chi connectivity index (χ2n) is 5.69. The Labute approximate surface area is 143 Å². The number of rotatable bonds is 3. The minimum atomic E-state index is -0.921. The highest BCUT2D eigenvalue weighted by molar-refractivity contribution is 6.30. The van der Waals surface area contributed by atoms with Crippen LogP contribution >= 0.6 is 11.6 Å². The Morgan fingerprint density at radius 3 is 2.71 bits per heavy atom. The van der Waals surface area contributed by atoms with Crippen molar-refractivity contribution in [3.63, 3.8) is 0 Å². The number of nitrogens with zero attached hydrogens (tertiary/aromatic N) is 2. The van der Waals surface area contributed by atoms with Crippen molar-refractivity contribution < 1.29 is 14.0 Å². The minimum Gasteiger partial charge on any atom is -0.344 e. The van der Waals surface area contributed by atoms with E-state index in [0.717, 1.165) is 5.56 Å². The van der Waals surface area contributed by atoms with Crippen molar-refractivity contribution in [3.05, 3.63) is 59.1 Å². The van der Waals surface area contributed by atoms with Gasteiger partial charge in [-0.25, -0.2) is 4.98 Å². The van der Waals surface area contributed by atoms with Gasteiger partial charge in [0.05, 0.1) is 5.69 Å². The Hall–Kier alpha value is -2.47. The standard InChI is InChI=1S/C17H15ClFN3O2/c1-22-9-12(10-4-6-11(18)7-5-10)14(17(22)24)16(23)21-13-3-2-8-20-15(13)19/h2-8,12,14H,9H2,1H3,(H,21,23)/t12-,14+/m1/s1. The lowest BCUT2D eigenvalue weighted by Gasteiger charge is -2.17. The van der Waals surface area contributed by atoms with Crippen molar-refractivity contribution in [2.45, 2.75) is 5.92 Å². The third kappa shape index (κ3) is 3.10. The summed E-state index contributed by atoms with van der Waals surface area (Å²) in [6, 6.07) is 9.94. The fourth-order valence-corrected chi connectivity index (χ4v) is 3.02. The number of carbonyl (C=O) groups is 2. The third-order valence-electron chi connectivity index (χ3n) is 4.11. The molecule has 2 amide bonds. The van der Waals surface area contributed by atoms with Gasteiger partial charge in [-0.1, -0.05) is 23.7 Å². The van der Waals surface area contributed by atoms with E-state index >= 15 is 0 Å². The van der Waals surface area contributed by atoms with Crippen LogP contribution in [0.4, 0.5) is 10.1 Å². The van der Waals surface area contributed by atoms with Gasteiger partial charge < -0.3 is 10.2 Å². The van der Waals surface area contributed by atoms with Gasteiger partial charge in [-0.05, 0) is 29.8 Å². The molecule has 1 N–H and O–H groups in total. The maximum absolute atomic E-state index is 13.6. The zero-order valence-electron chi connectivity index (χ0n) is 12.9. The second-order valence-corrected chi connectivity index (χ2v) is 6.12. The molecule has 2 aromatic rings. The summed E-state index contributed by atoms with van der Waals surface area (Å²) in [6.07, 6.45) is 1.29. The second kappa shape index (κ2) is 6.57. The van der Waals surface area contributed by atoms with Gasteiger partial charge in [0.1, 0.15) is 5.92 Å². The number of nitrogens with one attached hydrogen (secondary N) is 1. The average molecular weight is 348 g/mol. The summed E-state index contributed by atoms with van der Waals surface area (Å²) < 4.78 is 13.6. The molecule has 1 aliphatic rings. The third-order valence-corrected chi connectivity index (χ3v) is 4.36. The first-order chi connectivity index (χ1) is 11.5. The zero-order valence-corrected chi connectivity index (χ0v) is 13.6. The minimum absolute atomic E-state index is 0.0419. The van der Waals surface area contributed by atoms with E-state index in [2.05, 4.69) is 10.3 Å². The van der Waals surface area contributed by atoms with E-state index in [1.54, 1.807) is 31.3 Å². The highest BCUT2D eigenvalue weighted by Gasteiger charge is 2.44. The summed E-state index contributed by atoms with van der Waals surface area (Å²) in [6.45, 7) is 0.411. The van der Waals surface area contributed by atoms with Gasteiger partial charge in [0.2, 0.25) is 17.8 Å². The Morgan fingerprint density at radius 1 is 1.33 bits per heavy atom. The van der Waals surface area contributed by atoms with Crippen LogP contribution in [0.15, 0.2) is 42.6 Å². The number of likely N-dealkylation sites (N-methyl/N-ethyl adjacent to an activating group) is 1. The first kappa shape index (κ1) is 16.4. The number of halogens is 2. The molecule has 0 radical (unpaired) electrons. The summed E-state index contributed by atoms with van der Waals surface area (Å²) in [5.41, 5.74) is 0.795. The molecule has 0 spiro atoms. The maximum atomic E-state index is 13.6. The lowest BCUT2D eigenvalue weighted by molar-refractivity contribution is -0.135. The molecule has 7 heteroatoms. The predicted molar refractivity (Wildman–Crippen MR) is 88.1 cm³/mol. The number of pyridine rings is 1. The fourth-order valence-electron chi connectivity index (χ4n) is 2.89. The lowest BCUT2D eigenvalue weighted by atomic mass is 9.88. The number of benzene rings is 1. The molecule has 1 fully saturated rings. The molecule has 1 aliphatic heterocycles. The van der Waals surface area contributed by atoms with Crippen molar-refractivity contribution in [2.24, 2.45) is 5.92 Å². The van der Waals surface area contributed by atoms with Crippen molar-refractivity contribution in [1.82, 2.24) is 9.88 Å². The molecule has 2 heterocycles. The highest BCUT2D eigenvalue weighted by Crippen LogP contribution is 2.34. The molecule has 1 aromatic heterocycles. The number of hydrogen-bond donors (Lipinski definition) is 1. The van der Waals surface area contributed by atoms with E-state index in [0.29, 0.717) is 11.6 Å². The molecule has 0 aliphatic carbocycles. The van der Waals surface area contributed by atoms with Gasteiger partial charge in [0, 0.05) is 30.7 Å². The molecule has 1 aromatic carbocycles. The van der Waals surface area contributed by atoms with Gasteiger partial charge in [0.15, 0.2) is 0 Å². The molecule has 1 saturated heterocycles. The van der Waals surface area contributed by atoms with Crippen LogP contribution < -0.4 is 5.32 Å². The first-order valence-corrected chi connectivity index (χ1v) is 7.77. The van der Waals surface area contributed by atoms with E-state index in [1.165, 1.54) is 23.2 Å². The molecular formula is C17H15ClFN3O2. The summed E-state index contributed by atoms with van der Waals surface area (Å²) in [5.74, 6) is -2.86. The van der Waals surface area contributed by atoms with Crippen LogP contribution in [0.25, 0.3) is 0 Å². The van der Waals surface area contributed by atoms with Crippen LogP contribution in [0, 0.1) is 11.9 Å². The van der Waals surface area contributed by atoms with Crippen LogP contribution in [0.1, 0.15) is 11.5 Å². The topological polar surface area (TPSA) is 62.3 Å². The molecule has 124 valence electrons. The molecule has 0 saturated carbocycles. The first-order valence-electron chi connectivity index (χ1n) is 7.39. The highest BCUT2D eigenvalue weighted by atomic mass is 35.5. The summed E-state index contributed by atoms with van der Waals surface area (Å²) in [5, 5.41) is 3.04. The van der Waals surface area contributed by atoms with E-state index < -0.39 is 17.8 Å². The maximum Gasteiger partial charge on any atom is 0.237 e. The number of likely N-dealkylation sites (tertiary alicyclic amines) is 1. The molecule has 24 heavy (non-hydrogen) atoms. The Bertz CT molecular complexity index is 782.